The minimum absolute atomic E-state index is 0. The van der Waals surface area contributed by atoms with Crippen LogP contribution in [0.1, 0.15) is 12.0 Å². The second-order valence-electron chi connectivity index (χ2n) is 3.81. The number of thiophene rings is 1. The lowest BCUT2D eigenvalue weighted by atomic mass is 10.2. The van der Waals surface area contributed by atoms with Crippen LogP contribution in [0.25, 0.3) is 0 Å². The van der Waals surface area contributed by atoms with Crippen LogP contribution in [-0.2, 0) is 16.1 Å². The van der Waals surface area contributed by atoms with Gasteiger partial charge in [-0.1, -0.05) is 0 Å². The van der Waals surface area contributed by atoms with E-state index in [1.165, 1.54) is 0 Å². The molecular formula is C11H18BrClN2O2S. The molecule has 0 fully saturated rings. The van der Waals surface area contributed by atoms with Crippen LogP contribution < -0.4 is 5.73 Å². The maximum absolute atomic E-state index is 11.9. The van der Waals surface area contributed by atoms with Crippen LogP contribution in [0.4, 0.5) is 0 Å². The summed E-state index contributed by atoms with van der Waals surface area (Å²) in [6.07, 6.45) is 0.133. The van der Waals surface area contributed by atoms with Crippen LogP contribution in [-0.4, -0.2) is 37.6 Å². The lowest BCUT2D eigenvalue weighted by Crippen LogP contribution is -2.33. The third-order valence-electron chi connectivity index (χ3n) is 2.47. The molecule has 7 heteroatoms. The maximum atomic E-state index is 11.9. The molecule has 0 radical (unpaired) electrons. The number of nitrogens with zero attached hydrogens (tertiary/aromatic N) is 1. The molecule has 0 spiro atoms. The molecule has 2 N–H and O–H groups in total. The summed E-state index contributed by atoms with van der Waals surface area (Å²) in [5.74, 6) is 0.0459. The molecule has 1 aromatic rings. The van der Waals surface area contributed by atoms with Crippen molar-refractivity contribution in [2.24, 2.45) is 5.73 Å². The van der Waals surface area contributed by atoms with E-state index in [0.717, 1.165) is 9.35 Å². The molecule has 0 aliphatic carbocycles. The number of amides is 1. The molecule has 1 amide bonds. The quantitative estimate of drug-likeness (QED) is 0.849. The molecule has 0 saturated heterocycles. The maximum Gasteiger partial charge on any atom is 0.225 e. The van der Waals surface area contributed by atoms with Gasteiger partial charge in [-0.05, 0) is 32.9 Å². The summed E-state index contributed by atoms with van der Waals surface area (Å²) in [6.45, 7) is 0.974. The first kappa shape index (κ1) is 17.9. The summed E-state index contributed by atoms with van der Waals surface area (Å²) in [4.78, 5) is 13.6. The zero-order valence-electron chi connectivity index (χ0n) is 10.4. The van der Waals surface area contributed by atoms with Crippen LogP contribution in [0, 0.1) is 0 Å². The molecule has 1 heterocycles. The normalized spacial score (nSPS) is 11.8. The van der Waals surface area contributed by atoms with E-state index in [2.05, 4.69) is 15.9 Å². The van der Waals surface area contributed by atoms with Gasteiger partial charge < -0.3 is 15.4 Å². The first-order chi connectivity index (χ1) is 8.06. The summed E-state index contributed by atoms with van der Waals surface area (Å²) in [5, 5.41) is 2.03. The van der Waals surface area contributed by atoms with E-state index in [1.54, 1.807) is 30.4 Å². The van der Waals surface area contributed by atoms with Gasteiger partial charge in [0.2, 0.25) is 5.91 Å². The summed E-state index contributed by atoms with van der Waals surface area (Å²) in [5.41, 5.74) is 6.61. The summed E-state index contributed by atoms with van der Waals surface area (Å²) in [6, 6.07) is 2.02. The van der Waals surface area contributed by atoms with Crippen LogP contribution >= 0.6 is 39.7 Å². The molecule has 4 nitrogen and oxygen atoms in total. The molecule has 0 bridgehead atoms. The standard InChI is InChI=1S/C11H17BrN2O2S.ClH/c1-14(6-8-3-10(12)17-7-8)11(15)4-9(5-13)16-2;/h3,7,9H,4-6,13H2,1-2H3;1H. The Kier molecular flexibility index (Phi) is 8.81. The average Bonchev–Trinajstić information content (AvgIpc) is 2.71. The molecule has 18 heavy (non-hydrogen) atoms. The van der Waals surface area contributed by atoms with E-state index in [4.69, 9.17) is 10.5 Å². The van der Waals surface area contributed by atoms with Crippen molar-refractivity contribution in [3.05, 3.63) is 20.8 Å². The number of methoxy groups -OCH3 is 1. The van der Waals surface area contributed by atoms with Crippen molar-refractivity contribution in [3.63, 3.8) is 0 Å². The first-order valence-electron chi connectivity index (χ1n) is 5.26. The number of hydrogen-bond acceptors (Lipinski definition) is 4. The third-order valence-corrected chi connectivity index (χ3v) is 4.02. The van der Waals surface area contributed by atoms with Gasteiger partial charge in [-0.25, -0.2) is 0 Å². The largest absolute Gasteiger partial charge is 0.380 e. The fraction of sp³-hybridized carbons (Fsp3) is 0.545. The molecular weight excluding hydrogens is 340 g/mol. The highest BCUT2D eigenvalue weighted by Crippen LogP contribution is 2.21. The van der Waals surface area contributed by atoms with Crippen LogP contribution in [0.5, 0.6) is 0 Å². The van der Waals surface area contributed by atoms with E-state index in [1.807, 2.05) is 11.4 Å². The van der Waals surface area contributed by atoms with E-state index in [9.17, 15) is 4.79 Å². The van der Waals surface area contributed by atoms with Crippen molar-refractivity contribution >= 4 is 45.6 Å². The second kappa shape index (κ2) is 8.87. The van der Waals surface area contributed by atoms with Gasteiger partial charge in [0.25, 0.3) is 0 Å². The monoisotopic (exact) mass is 356 g/mol. The Balaban J connectivity index is 0.00000289. The van der Waals surface area contributed by atoms with E-state index in [-0.39, 0.29) is 24.4 Å². The average molecular weight is 358 g/mol. The molecule has 1 rings (SSSR count). The molecule has 104 valence electrons. The summed E-state index contributed by atoms with van der Waals surface area (Å²) < 4.78 is 6.17. The van der Waals surface area contributed by atoms with Crippen LogP contribution in [0.15, 0.2) is 15.2 Å². The SMILES string of the molecule is COC(CN)CC(=O)N(C)Cc1csc(Br)c1.Cl. The Labute approximate surface area is 126 Å². The summed E-state index contributed by atoms with van der Waals surface area (Å²) in [7, 11) is 3.36. The van der Waals surface area contributed by atoms with Crippen molar-refractivity contribution in [1.82, 2.24) is 4.90 Å². The fourth-order valence-electron chi connectivity index (χ4n) is 1.40. The number of carbonyl (C=O) groups is 1. The molecule has 0 aliphatic heterocycles. The number of hydrogen-bond donors (Lipinski definition) is 1. The molecule has 0 aliphatic rings. The predicted molar refractivity (Wildman–Crippen MR) is 80.2 cm³/mol. The minimum atomic E-state index is -0.195. The molecule has 1 unspecified atom stereocenters. The van der Waals surface area contributed by atoms with Crippen molar-refractivity contribution < 1.29 is 9.53 Å². The fourth-order valence-corrected chi connectivity index (χ4v) is 2.60. The van der Waals surface area contributed by atoms with Gasteiger partial charge in [-0.3, -0.25) is 4.79 Å². The lowest BCUT2D eigenvalue weighted by Gasteiger charge is -2.19. The number of nitrogens with two attached hydrogens (primary N) is 1. The number of rotatable bonds is 6. The van der Waals surface area contributed by atoms with Crippen molar-refractivity contribution in [2.45, 2.75) is 19.1 Å². The first-order valence-corrected chi connectivity index (χ1v) is 6.93. The zero-order chi connectivity index (χ0) is 12.8. The van der Waals surface area contributed by atoms with E-state index < -0.39 is 0 Å². The Morgan fingerprint density at radius 1 is 1.67 bits per heavy atom. The van der Waals surface area contributed by atoms with Crippen molar-refractivity contribution in [2.75, 3.05) is 20.7 Å². The molecule has 0 saturated carbocycles. The van der Waals surface area contributed by atoms with E-state index >= 15 is 0 Å². The number of carbonyl (C=O) groups excluding carboxylic acids is 1. The van der Waals surface area contributed by atoms with Gasteiger partial charge in [-0.15, -0.1) is 23.7 Å². The van der Waals surface area contributed by atoms with Gasteiger partial charge in [0.05, 0.1) is 16.3 Å². The third kappa shape index (κ3) is 5.67. The highest BCUT2D eigenvalue weighted by atomic mass is 79.9. The van der Waals surface area contributed by atoms with Gasteiger partial charge in [0.15, 0.2) is 0 Å². The number of ether oxygens (including phenoxy) is 1. The predicted octanol–water partition coefficient (Wildman–Crippen LogP) is 2.25. The minimum Gasteiger partial charge on any atom is -0.380 e. The lowest BCUT2D eigenvalue weighted by molar-refractivity contribution is -0.132. The van der Waals surface area contributed by atoms with Crippen LogP contribution in [0.3, 0.4) is 0 Å². The highest BCUT2D eigenvalue weighted by molar-refractivity contribution is 9.11. The molecule has 0 aromatic carbocycles. The van der Waals surface area contributed by atoms with Crippen LogP contribution in [0.2, 0.25) is 0 Å². The zero-order valence-corrected chi connectivity index (χ0v) is 13.6. The molecule has 1 aromatic heterocycles. The van der Waals surface area contributed by atoms with E-state index in [0.29, 0.717) is 19.5 Å². The van der Waals surface area contributed by atoms with Gasteiger partial charge in [-0.2, -0.15) is 0 Å². The van der Waals surface area contributed by atoms with Gasteiger partial charge in [0.1, 0.15) is 0 Å². The van der Waals surface area contributed by atoms with Crippen molar-refractivity contribution in [3.8, 4) is 0 Å². The Morgan fingerprint density at radius 2 is 2.33 bits per heavy atom. The number of halogens is 2. The van der Waals surface area contributed by atoms with Gasteiger partial charge >= 0.3 is 0 Å². The Bertz CT molecular complexity index is 372. The smallest absolute Gasteiger partial charge is 0.225 e. The topological polar surface area (TPSA) is 55.6 Å². The highest BCUT2D eigenvalue weighted by Gasteiger charge is 2.15. The van der Waals surface area contributed by atoms with Crippen molar-refractivity contribution in [1.29, 1.82) is 0 Å². The Morgan fingerprint density at radius 3 is 2.78 bits per heavy atom. The summed E-state index contributed by atoms with van der Waals surface area (Å²) >= 11 is 5.02. The molecule has 1 atom stereocenters. The second-order valence-corrected chi connectivity index (χ2v) is 6.10. The van der Waals surface area contributed by atoms with Gasteiger partial charge in [0, 0.05) is 27.2 Å². The Hall–Kier alpha value is -0.140.